The monoisotopic (exact) mass is 506 g/mol. The van der Waals surface area contributed by atoms with Crippen LogP contribution in [0, 0.1) is 31.6 Å². The molecular weight excluding hydrogens is 479 g/mol. The number of benzene rings is 2. The van der Waals surface area contributed by atoms with Gasteiger partial charge in [-0.2, -0.15) is 0 Å². The van der Waals surface area contributed by atoms with Crippen LogP contribution < -0.4 is 4.46 Å². The first kappa shape index (κ1) is 23.9. The van der Waals surface area contributed by atoms with Crippen molar-refractivity contribution in [1.82, 2.24) is 0 Å². The molecule has 170 valence electrons. The molecule has 0 amide bonds. The predicted molar refractivity (Wildman–Crippen MR) is 121 cm³/mol. The molecule has 2 aromatic carbocycles. The maximum absolute atomic E-state index is 13.0. The van der Waals surface area contributed by atoms with Crippen LogP contribution in [-0.4, -0.2) is 36.9 Å². The second-order valence-electron chi connectivity index (χ2n) is 9.00. The molecule has 0 bridgehead atoms. The molecule has 0 spiro atoms. The van der Waals surface area contributed by atoms with Gasteiger partial charge in [-0.3, -0.25) is 0 Å². The Morgan fingerprint density at radius 3 is 2.31 bits per heavy atom. The van der Waals surface area contributed by atoms with Crippen molar-refractivity contribution in [2.24, 2.45) is 11.3 Å². The Labute approximate surface area is 192 Å². The zero-order valence-electron chi connectivity index (χ0n) is 18.2. The zero-order valence-corrected chi connectivity index (χ0v) is 19.9. The molecule has 1 fully saturated rings. The fraction of sp³-hybridized carbons (Fsp3) is 0.435. The van der Waals surface area contributed by atoms with Crippen LogP contribution >= 0.6 is 0 Å². The van der Waals surface area contributed by atoms with Crippen molar-refractivity contribution in [2.45, 2.75) is 51.0 Å². The van der Waals surface area contributed by atoms with Crippen LogP contribution in [0.5, 0.6) is 0 Å². The summed E-state index contributed by atoms with van der Waals surface area (Å²) in [5.41, 5.74) is -1.26. The second kappa shape index (κ2) is 9.79. The molecule has 9 heteroatoms. The molecule has 0 heterocycles. The number of nitro groups is 2. The van der Waals surface area contributed by atoms with E-state index in [4.69, 9.17) is 4.74 Å². The molecule has 0 aromatic heterocycles. The van der Waals surface area contributed by atoms with E-state index in [2.05, 4.69) is 32.9 Å². The van der Waals surface area contributed by atoms with E-state index >= 15 is 0 Å². The fourth-order valence-corrected chi connectivity index (χ4v) is 6.57. The molecule has 0 radical (unpaired) electrons. The quantitative estimate of drug-likeness (QED) is 0.244. The van der Waals surface area contributed by atoms with Crippen molar-refractivity contribution in [3.05, 3.63) is 74.3 Å². The molecule has 3 atom stereocenters. The number of ether oxygens (including phenoxy) is 1. The van der Waals surface area contributed by atoms with E-state index in [-0.39, 0.29) is 36.9 Å². The number of non-ortho nitro benzene ring substituents is 1. The average Bonchev–Trinajstić information content (AvgIpc) is 2.74. The van der Waals surface area contributed by atoms with Crippen LogP contribution in [0.4, 0.5) is 11.4 Å². The van der Waals surface area contributed by atoms with E-state index in [9.17, 15) is 25.0 Å². The Kier molecular flexibility index (Phi) is 7.31. The minimum atomic E-state index is -0.806. The number of nitro benzene ring substituents is 2. The van der Waals surface area contributed by atoms with E-state index in [0.717, 1.165) is 31.0 Å². The molecule has 0 aliphatic heterocycles. The average molecular weight is 505 g/mol. The number of hydrogen-bond donors (Lipinski definition) is 0. The third kappa shape index (κ3) is 5.72. The Morgan fingerprint density at radius 1 is 1.03 bits per heavy atom. The van der Waals surface area contributed by atoms with Gasteiger partial charge in [0.25, 0.3) is 0 Å². The van der Waals surface area contributed by atoms with E-state index in [1.54, 1.807) is 0 Å². The molecule has 3 rings (SSSR count). The second-order valence-corrected chi connectivity index (χ2v) is 11.8. The van der Waals surface area contributed by atoms with E-state index in [1.165, 1.54) is 4.46 Å². The van der Waals surface area contributed by atoms with Crippen molar-refractivity contribution in [3.63, 3.8) is 0 Å². The van der Waals surface area contributed by atoms with E-state index < -0.39 is 27.2 Å². The van der Waals surface area contributed by atoms with Crippen LogP contribution in [0.3, 0.4) is 0 Å². The van der Waals surface area contributed by atoms with Crippen LogP contribution in [0.25, 0.3) is 0 Å². The Hall–Kier alpha value is -2.77. The van der Waals surface area contributed by atoms with Crippen LogP contribution in [0.1, 0.15) is 50.4 Å². The fourth-order valence-electron chi connectivity index (χ4n) is 3.98. The van der Waals surface area contributed by atoms with Crippen molar-refractivity contribution in [1.29, 1.82) is 0 Å². The topological polar surface area (TPSA) is 113 Å². The summed E-state index contributed by atoms with van der Waals surface area (Å²) in [6, 6.07) is 13.1. The van der Waals surface area contributed by atoms with Gasteiger partial charge in [-0.25, -0.2) is 0 Å². The molecule has 0 saturated heterocycles. The molecular formula is C23H26N2O6Se. The number of carbonyl (C=O) groups excluding carboxylic acids is 1. The zero-order chi connectivity index (χ0) is 23.5. The molecule has 1 aliphatic carbocycles. The molecule has 0 N–H and O–H groups in total. The summed E-state index contributed by atoms with van der Waals surface area (Å²) in [5.74, 6) is -0.449. The Bertz CT molecular complexity index is 1010. The van der Waals surface area contributed by atoms with Gasteiger partial charge in [0.15, 0.2) is 0 Å². The molecule has 2 aromatic rings. The Balaban J connectivity index is 1.86. The van der Waals surface area contributed by atoms with E-state index in [1.807, 2.05) is 18.2 Å². The first-order valence-corrected chi connectivity index (χ1v) is 12.3. The summed E-state index contributed by atoms with van der Waals surface area (Å²) in [6.45, 7) is 6.50. The van der Waals surface area contributed by atoms with Crippen molar-refractivity contribution in [2.75, 3.05) is 0 Å². The summed E-state index contributed by atoms with van der Waals surface area (Å²) >= 11 is 0.0798. The molecule has 32 heavy (non-hydrogen) atoms. The van der Waals surface area contributed by atoms with Crippen molar-refractivity contribution in [3.8, 4) is 0 Å². The van der Waals surface area contributed by atoms with Gasteiger partial charge in [-0.05, 0) is 0 Å². The minimum absolute atomic E-state index is 0.0503. The van der Waals surface area contributed by atoms with Crippen LogP contribution in [-0.2, 0) is 4.74 Å². The van der Waals surface area contributed by atoms with Gasteiger partial charge in [0.05, 0.1) is 0 Å². The molecule has 8 nitrogen and oxygen atoms in total. The van der Waals surface area contributed by atoms with Crippen LogP contribution in [0.15, 0.2) is 48.5 Å². The van der Waals surface area contributed by atoms with E-state index in [0.29, 0.717) is 12.3 Å². The third-order valence-corrected chi connectivity index (χ3v) is 8.76. The Morgan fingerprint density at radius 2 is 1.72 bits per heavy atom. The standard InChI is InChI=1S/C23H26N2O6Se/c1-23(2,3)15-9-12-21(32-17-7-5-4-6-8-17)20(13-15)31-22(26)18-11-10-16(24(27)28)14-19(18)25(29)30/h4-8,10-11,14-15,20-21H,9,12-13H2,1-3H3/t15-,20+,21+/m0/s1. The first-order valence-electron chi connectivity index (χ1n) is 10.4. The summed E-state index contributed by atoms with van der Waals surface area (Å²) in [7, 11) is 0. The first-order chi connectivity index (χ1) is 15.1. The van der Waals surface area contributed by atoms with Gasteiger partial charge >= 0.3 is 193 Å². The number of rotatable bonds is 6. The third-order valence-electron chi connectivity index (χ3n) is 5.85. The van der Waals surface area contributed by atoms with Crippen molar-refractivity contribution >= 4 is 36.8 Å². The number of esters is 1. The number of carbonyl (C=O) groups is 1. The predicted octanol–water partition coefficient (Wildman–Crippen LogP) is 4.69. The van der Waals surface area contributed by atoms with Crippen LogP contribution in [0.2, 0.25) is 4.82 Å². The summed E-state index contributed by atoms with van der Waals surface area (Å²) in [6.07, 6.45) is 2.27. The summed E-state index contributed by atoms with van der Waals surface area (Å²) in [4.78, 5) is 34.1. The molecule has 0 unspecified atom stereocenters. The number of nitrogens with zero attached hydrogens (tertiary/aromatic N) is 2. The summed E-state index contributed by atoms with van der Waals surface area (Å²) in [5, 5.41) is 22.4. The van der Waals surface area contributed by atoms with Gasteiger partial charge in [0.1, 0.15) is 0 Å². The van der Waals surface area contributed by atoms with Crippen molar-refractivity contribution < 1.29 is 19.4 Å². The van der Waals surface area contributed by atoms with Gasteiger partial charge in [-0.1, -0.05) is 0 Å². The normalized spacial score (nSPS) is 21.0. The van der Waals surface area contributed by atoms with Gasteiger partial charge in [-0.15, -0.1) is 0 Å². The van der Waals surface area contributed by atoms with Gasteiger partial charge in [0, 0.05) is 0 Å². The molecule has 1 aliphatic rings. The van der Waals surface area contributed by atoms with Gasteiger partial charge < -0.3 is 0 Å². The summed E-state index contributed by atoms with van der Waals surface area (Å²) < 4.78 is 7.09. The SMILES string of the molecule is CC(C)(C)[C@H]1CC[C@@H]([Se]c2ccccc2)[C@H](OC(=O)c2ccc([N+](=O)[O-])cc2[N+](=O)[O-])C1. The molecule has 1 saturated carbocycles. The van der Waals surface area contributed by atoms with Gasteiger partial charge in [0.2, 0.25) is 0 Å². The maximum atomic E-state index is 13.0. The number of hydrogen-bond acceptors (Lipinski definition) is 6.